The van der Waals surface area contributed by atoms with Crippen LogP contribution in [0.1, 0.15) is 76.5 Å². The van der Waals surface area contributed by atoms with E-state index in [0.717, 1.165) is 19.3 Å². The second-order valence-corrected chi connectivity index (χ2v) is 7.69. The minimum atomic E-state index is -4.06. The van der Waals surface area contributed by atoms with Crippen LogP contribution >= 0.6 is 0 Å². The average molecular weight is 332 g/mol. The van der Waals surface area contributed by atoms with E-state index in [1.54, 1.807) is 27.9 Å². The number of unbranched alkanes of at least 4 members (excludes halogenated alkanes) is 8. The number of nitrogens with zero attached hydrogens (tertiary/aromatic N) is 2. The Morgan fingerprint density at radius 3 is 2.05 bits per heavy atom. The molecule has 22 heavy (non-hydrogen) atoms. The number of aryl methyl sites for hydroxylation is 1. The van der Waals surface area contributed by atoms with Crippen LogP contribution in [-0.4, -0.2) is 17.5 Å². The number of hydrogen-bond acceptors (Lipinski definition) is 2. The number of rotatable bonds is 12. The molecule has 128 valence electrons. The molecule has 0 saturated heterocycles. The van der Waals surface area contributed by atoms with Gasteiger partial charge in [0, 0.05) is 6.42 Å². The molecule has 0 aliphatic rings. The number of imidazole rings is 1. The van der Waals surface area contributed by atoms with Crippen molar-refractivity contribution in [3.05, 3.63) is 18.7 Å². The van der Waals surface area contributed by atoms with E-state index in [2.05, 4.69) is 6.92 Å². The predicted molar refractivity (Wildman–Crippen MR) is 88.0 cm³/mol. The van der Waals surface area contributed by atoms with E-state index in [1.165, 1.54) is 38.5 Å². The van der Waals surface area contributed by atoms with E-state index in [1.807, 2.05) is 7.05 Å². The van der Waals surface area contributed by atoms with Gasteiger partial charge in [0.25, 0.3) is 0 Å². The molecular weight excluding hydrogens is 300 g/mol. The molecule has 0 aliphatic carbocycles. The van der Waals surface area contributed by atoms with Crippen molar-refractivity contribution >= 4 is 10.1 Å². The molecule has 0 amide bonds. The first kappa shape index (κ1) is 19.2. The Bertz CT molecular complexity index is 511. The fraction of sp³-hybridized carbons (Fsp3) is 0.812. The lowest BCUT2D eigenvalue weighted by Gasteiger charge is -2.10. The van der Waals surface area contributed by atoms with Crippen molar-refractivity contribution in [2.75, 3.05) is 0 Å². The summed E-state index contributed by atoms with van der Waals surface area (Å²) in [4.78, 5) is 0. The zero-order chi connectivity index (χ0) is 16.4. The maximum atomic E-state index is 11.5. The molecule has 0 spiro atoms. The monoisotopic (exact) mass is 331 g/mol. The van der Waals surface area contributed by atoms with E-state index in [-0.39, 0.29) is 0 Å². The first-order valence-electron chi connectivity index (χ1n) is 8.44. The predicted octanol–water partition coefficient (Wildman–Crippen LogP) is 3.62. The lowest BCUT2D eigenvalue weighted by Crippen LogP contribution is -2.26. The van der Waals surface area contributed by atoms with Crippen LogP contribution in [0.15, 0.2) is 18.7 Å². The lowest BCUT2D eigenvalue weighted by atomic mass is 10.1. The largest absolute Gasteiger partial charge is 0.307 e. The highest BCUT2D eigenvalue weighted by Crippen LogP contribution is 2.21. The van der Waals surface area contributed by atoms with Gasteiger partial charge >= 0.3 is 10.1 Å². The minimum absolute atomic E-state index is 0.462. The van der Waals surface area contributed by atoms with Crippen LogP contribution in [0, 0.1) is 0 Å². The van der Waals surface area contributed by atoms with Gasteiger partial charge in [0.1, 0.15) is 12.4 Å². The van der Waals surface area contributed by atoms with E-state index in [9.17, 15) is 13.0 Å². The first-order chi connectivity index (χ1) is 10.4. The van der Waals surface area contributed by atoms with E-state index < -0.39 is 15.5 Å². The summed E-state index contributed by atoms with van der Waals surface area (Å²) in [7, 11) is -2.23. The average Bonchev–Trinajstić information content (AvgIpc) is 2.85. The topological polar surface area (TPSA) is 63.2 Å². The van der Waals surface area contributed by atoms with Crippen molar-refractivity contribution < 1.29 is 17.5 Å². The molecule has 1 aromatic rings. The molecule has 1 atom stereocenters. The summed E-state index contributed by atoms with van der Waals surface area (Å²) in [5.41, 5.74) is 0. The van der Waals surface area contributed by atoms with Crippen molar-refractivity contribution in [1.82, 2.24) is 4.57 Å². The van der Waals surface area contributed by atoms with Gasteiger partial charge in [-0.2, -0.15) is 8.42 Å². The molecule has 1 N–H and O–H groups in total. The van der Waals surface area contributed by atoms with Crippen molar-refractivity contribution in [1.29, 1.82) is 0 Å². The highest BCUT2D eigenvalue weighted by atomic mass is 32.2. The van der Waals surface area contributed by atoms with Crippen molar-refractivity contribution in [3.63, 3.8) is 0 Å². The van der Waals surface area contributed by atoms with Gasteiger partial charge in [-0.05, 0) is 6.42 Å². The summed E-state index contributed by atoms with van der Waals surface area (Å²) in [6, 6.07) is 0. The summed E-state index contributed by atoms with van der Waals surface area (Å²) in [6.45, 7) is 2.22. The van der Waals surface area contributed by atoms with E-state index in [4.69, 9.17) is 0 Å². The van der Waals surface area contributed by atoms with Crippen LogP contribution in [-0.2, 0) is 17.2 Å². The van der Waals surface area contributed by atoms with Gasteiger partial charge in [0.15, 0.2) is 0 Å². The van der Waals surface area contributed by atoms with Gasteiger partial charge in [-0.1, -0.05) is 58.3 Å². The fourth-order valence-corrected chi connectivity index (χ4v) is 3.62. The molecule has 1 unspecified atom stereocenters. The molecule has 0 saturated carbocycles. The molecule has 0 bridgehead atoms. The number of hydrogen-bond donors (Lipinski definition) is 1. The Kier molecular flexibility index (Phi) is 8.71. The summed E-state index contributed by atoms with van der Waals surface area (Å²) in [5, 5.41) is -0.863. The highest BCUT2D eigenvalue weighted by molar-refractivity contribution is 7.85. The fourth-order valence-electron chi connectivity index (χ4n) is 2.72. The normalized spacial score (nSPS) is 13.4. The zero-order valence-corrected chi connectivity index (χ0v) is 14.8. The molecule has 1 rings (SSSR count). The SMILES string of the molecule is CCCCCCCCCCCC(n1cc[n+](C)c1)S(=O)(=O)O. The van der Waals surface area contributed by atoms with E-state index in [0.29, 0.717) is 6.42 Å². The molecular formula is C16H31N2O3S+. The third-order valence-electron chi connectivity index (χ3n) is 4.02. The van der Waals surface area contributed by atoms with Gasteiger partial charge in [-0.15, -0.1) is 0 Å². The molecule has 0 aromatic carbocycles. The third kappa shape index (κ3) is 7.40. The van der Waals surface area contributed by atoms with Crippen LogP contribution in [0.3, 0.4) is 0 Å². The quantitative estimate of drug-likeness (QED) is 0.361. The molecule has 6 heteroatoms. The summed E-state index contributed by atoms with van der Waals surface area (Å²) in [5.74, 6) is 0. The number of aromatic nitrogens is 2. The maximum absolute atomic E-state index is 11.5. The van der Waals surface area contributed by atoms with Crippen molar-refractivity contribution in [3.8, 4) is 0 Å². The summed E-state index contributed by atoms with van der Waals surface area (Å²) in [6.07, 6.45) is 16.3. The minimum Gasteiger partial charge on any atom is -0.282 e. The van der Waals surface area contributed by atoms with Crippen LogP contribution in [0.5, 0.6) is 0 Å². The Hall–Kier alpha value is -0.880. The summed E-state index contributed by atoms with van der Waals surface area (Å²) < 4.78 is 35.8. The first-order valence-corrected chi connectivity index (χ1v) is 9.94. The third-order valence-corrected chi connectivity index (χ3v) is 5.19. The second-order valence-electron chi connectivity index (χ2n) is 6.11. The molecule has 5 nitrogen and oxygen atoms in total. The molecule has 0 fully saturated rings. The maximum Gasteiger partial charge on any atom is 0.307 e. The zero-order valence-electron chi connectivity index (χ0n) is 13.9. The van der Waals surface area contributed by atoms with Crippen molar-refractivity contribution in [2.24, 2.45) is 7.05 Å². The van der Waals surface area contributed by atoms with Gasteiger partial charge < -0.3 is 0 Å². The van der Waals surface area contributed by atoms with Gasteiger partial charge in [0.05, 0.1) is 7.05 Å². The Morgan fingerprint density at radius 2 is 1.59 bits per heavy atom. The van der Waals surface area contributed by atoms with Crippen LogP contribution in [0.4, 0.5) is 0 Å². The molecule has 1 heterocycles. The summed E-state index contributed by atoms with van der Waals surface area (Å²) >= 11 is 0. The second kappa shape index (κ2) is 10.0. The molecule has 1 aromatic heterocycles. The van der Waals surface area contributed by atoms with Gasteiger partial charge in [-0.25, -0.2) is 9.13 Å². The Balaban J connectivity index is 2.25. The van der Waals surface area contributed by atoms with Gasteiger partial charge in [-0.3, -0.25) is 4.55 Å². The Labute approximate surface area is 135 Å². The van der Waals surface area contributed by atoms with Crippen LogP contribution in [0.25, 0.3) is 0 Å². The van der Waals surface area contributed by atoms with Crippen molar-refractivity contribution in [2.45, 2.75) is 76.5 Å². The van der Waals surface area contributed by atoms with Gasteiger partial charge in [0.2, 0.25) is 11.7 Å². The smallest absolute Gasteiger partial charge is 0.282 e. The lowest BCUT2D eigenvalue weighted by molar-refractivity contribution is -0.671. The van der Waals surface area contributed by atoms with Crippen LogP contribution < -0.4 is 4.57 Å². The standard InChI is InChI=1S/C16H30N2O3S/c1-3-4-5-6-7-8-9-10-11-12-16(22(19,20)21)18-14-13-17(2)15-18/h13-16H,3-12H2,1-2H3/p+1. The van der Waals surface area contributed by atoms with E-state index >= 15 is 0 Å². The highest BCUT2D eigenvalue weighted by Gasteiger charge is 2.28. The van der Waals surface area contributed by atoms with Crippen LogP contribution in [0.2, 0.25) is 0 Å². The molecule has 0 radical (unpaired) electrons. The molecule has 0 aliphatic heterocycles. The Morgan fingerprint density at radius 1 is 1.05 bits per heavy atom.